The van der Waals surface area contributed by atoms with E-state index in [0.717, 1.165) is 39.6 Å². The number of imidazole rings is 1. The summed E-state index contributed by atoms with van der Waals surface area (Å²) in [5.41, 5.74) is 1.95. The zero-order chi connectivity index (χ0) is 19.5. The standard InChI is InChI=1S/C20H21N5O2S/c1-14(27-17-9-7-16(26-3)8-10-17)19-22-23-20(24(19)2)28-13-15-12-25-11-5-4-6-18(25)21-15/h4-12,14H,13H2,1-3H3. The number of hydrogen-bond donors (Lipinski definition) is 0. The van der Waals surface area contributed by atoms with Crippen molar-refractivity contribution < 1.29 is 9.47 Å². The van der Waals surface area contributed by atoms with Crippen LogP contribution in [0.5, 0.6) is 11.5 Å². The van der Waals surface area contributed by atoms with E-state index in [9.17, 15) is 0 Å². The van der Waals surface area contributed by atoms with Crippen molar-refractivity contribution in [2.75, 3.05) is 7.11 Å². The number of rotatable bonds is 7. The van der Waals surface area contributed by atoms with Crippen molar-refractivity contribution in [1.29, 1.82) is 0 Å². The van der Waals surface area contributed by atoms with E-state index in [1.807, 2.05) is 77.8 Å². The van der Waals surface area contributed by atoms with Crippen molar-refractivity contribution in [2.24, 2.45) is 7.05 Å². The fourth-order valence-electron chi connectivity index (χ4n) is 2.91. The first-order chi connectivity index (χ1) is 13.6. The predicted octanol–water partition coefficient (Wildman–Crippen LogP) is 3.90. The van der Waals surface area contributed by atoms with Gasteiger partial charge in [-0.3, -0.25) is 0 Å². The summed E-state index contributed by atoms with van der Waals surface area (Å²) >= 11 is 1.61. The summed E-state index contributed by atoms with van der Waals surface area (Å²) < 4.78 is 15.1. The molecule has 0 spiro atoms. The van der Waals surface area contributed by atoms with Gasteiger partial charge in [0.05, 0.1) is 12.8 Å². The van der Waals surface area contributed by atoms with E-state index in [2.05, 4.69) is 15.2 Å². The number of fused-ring (bicyclic) bond motifs is 1. The lowest BCUT2D eigenvalue weighted by molar-refractivity contribution is 0.211. The molecule has 3 heterocycles. The van der Waals surface area contributed by atoms with E-state index in [-0.39, 0.29) is 6.10 Å². The molecule has 0 amide bonds. The smallest absolute Gasteiger partial charge is 0.191 e. The highest BCUT2D eigenvalue weighted by molar-refractivity contribution is 7.98. The van der Waals surface area contributed by atoms with Gasteiger partial charge in [-0.25, -0.2) is 4.98 Å². The van der Waals surface area contributed by atoms with Crippen LogP contribution >= 0.6 is 11.8 Å². The summed E-state index contributed by atoms with van der Waals surface area (Å²) in [7, 11) is 3.60. The molecule has 0 saturated carbocycles. The van der Waals surface area contributed by atoms with Gasteiger partial charge in [0.2, 0.25) is 0 Å². The molecule has 4 aromatic rings. The van der Waals surface area contributed by atoms with Crippen molar-refractivity contribution >= 4 is 17.4 Å². The second-order valence-corrected chi connectivity index (χ2v) is 7.26. The van der Waals surface area contributed by atoms with Crippen molar-refractivity contribution in [3.63, 3.8) is 0 Å². The minimum Gasteiger partial charge on any atom is -0.497 e. The Hall–Kier alpha value is -3.00. The molecule has 1 atom stereocenters. The summed E-state index contributed by atoms with van der Waals surface area (Å²) in [6.45, 7) is 1.96. The summed E-state index contributed by atoms with van der Waals surface area (Å²) in [5, 5.41) is 9.46. The highest BCUT2D eigenvalue weighted by atomic mass is 32.2. The highest BCUT2D eigenvalue weighted by Crippen LogP contribution is 2.26. The van der Waals surface area contributed by atoms with Crippen molar-refractivity contribution in [1.82, 2.24) is 24.1 Å². The summed E-state index contributed by atoms with van der Waals surface area (Å²) in [6, 6.07) is 13.5. The van der Waals surface area contributed by atoms with E-state index in [4.69, 9.17) is 9.47 Å². The molecule has 28 heavy (non-hydrogen) atoms. The van der Waals surface area contributed by atoms with Crippen LogP contribution in [0.15, 0.2) is 60.0 Å². The number of ether oxygens (including phenoxy) is 2. The molecule has 1 aromatic carbocycles. The van der Waals surface area contributed by atoms with E-state index in [1.165, 1.54) is 0 Å². The average molecular weight is 395 g/mol. The molecule has 0 bridgehead atoms. The molecule has 1 unspecified atom stereocenters. The first-order valence-corrected chi connectivity index (χ1v) is 9.88. The number of hydrogen-bond acceptors (Lipinski definition) is 6. The maximum atomic E-state index is 5.99. The maximum absolute atomic E-state index is 5.99. The lowest BCUT2D eigenvalue weighted by Gasteiger charge is -2.14. The third-order valence-electron chi connectivity index (χ3n) is 4.37. The average Bonchev–Trinajstić information content (AvgIpc) is 3.29. The summed E-state index contributed by atoms with van der Waals surface area (Å²) in [5.74, 6) is 3.05. The van der Waals surface area contributed by atoms with Gasteiger partial charge in [-0.15, -0.1) is 10.2 Å². The Balaban J connectivity index is 1.42. The van der Waals surface area contributed by atoms with Crippen LogP contribution in [0.1, 0.15) is 24.5 Å². The Morgan fingerprint density at radius 3 is 2.61 bits per heavy atom. The molecule has 144 valence electrons. The van der Waals surface area contributed by atoms with Gasteiger partial charge in [-0.05, 0) is 43.3 Å². The molecule has 0 aliphatic carbocycles. The first kappa shape index (κ1) is 18.4. The van der Waals surface area contributed by atoms with Crippen LogP contribution in [0.2, 0.25) is 0 Å². The minimum absolute atomic E-state index is 0.226. The number of benzene rings is 1. The Bertz CT molecular complexity index is 1040. The van der Waals surface area contributed by atoms with Crippen LogP contribution in [0, 0.1) is 0 Å². The number of methoxy groups -OCH3 is 1. The van der Waals surface area contributed by atoms with E-state index in [0.29, 0.717) is 0 Å². The molecule has 7 nitrogen and oxygen atoms in total. The molecule has 0 aliphatic heterocycles. The molecule has 0 saturated heterocycles. The predicted molar refractivity (Wildman–Crippen MR) is 108 cm³/mol. The van der Waals surface area contributed by atoms with Gasteiger partial charge in [0.15, 0.2) is 17.1 Å². The molecule has 0 fully saturated rings. The number of thioether (sulfide) groups is 1. The topological polar surface area (TPSA) is 66.5 Å². The lowest BCUT2D eigenvalue weighted by Crippen LogP contribution is -2.10. The van der Waals surface area contributed by atoms with Gasteiger partial charge in [-0.1, -0.05) is 17.8 Å². The van der Waals surface area contributed by atoms with Gasteiger partial charge in [-0.2, -0.15) is 0 Å². The molecule has 0 radical (unpaired) electrons. The highest BCUT2D eigenvalue weighted by Gasteiger charge is 2.17. The molecule has 4 rings (SSSR count). The quantitative estimate of drug-likeness (QED) is 0.442. The number of pyridine rings is 1. The van der Waals surface area contributed by atoms with Crippen molar-refractivity contribution in [2.45, 2.75) is 23.9 Å². The Kier molecular flexibility index (Phi) is 5.21. The van der Waals surface area contributed by atoms with Crippen molar-refractivity contribution in [3.8, 4) is 11.5 Å². The second kappa shape index (κ2) is 7.93. The Morgan fingerprint density at radius 2 is 1.86 bits per heavy atom. The van der Waals surface area contributed by atoms with Crippen LogP contribution in [0.25, 0.3) is 5.65 Å². The van der Waals surface area contributed by atoms with Crippen LogP contribution < -0.4 is 9.47 Å². The largest absolute Gasteiger partial charge is 0.497 e. The van der Waals surface area contributed by atoms with Gasteiger partial charge in [0.25, 0.3) is 0 Å². The fraction of sp³-hybridized carbons (Fsp3) is 0.250. The third kappa shape index (κ3) is 3.82. The molecule has 8 heteroatoms. The maximum Gasteiger partial charge on any atom is 0.191 e. The molecule has 3 aromatic heterocycles. The zero-order valence-electron chi connectivity index (χ0n) is 15.9. The van der Waals surface area contributed by atoms with E-state index >= 15 is 0 Å². The SMILES string of the molecule is COc1ccc(OC(C)c2nnc(SCc3cn4ccccc4n3)n2C)cc1. The van der Waals surface area contributed by atoms with Crippen molar-refractivity contribution in [3.05, 3.63) is 66.4 Å². The van der Waals surface area contributed by atoms with Crippen LogP contribution in [0.4, 0.5) is 0 Å². The number of nitrogens with zero attached hydrogens (tertiary/aromatic N) is 5. The van der Waals surface area contributed by atoms with Gasteiger partial charge in [0, 0.05) is 25.2 Å². The zero-order valence-corrected chi connectivity index (χ0v) is 16.8. The second-order valence-electron chi connectivity index (χ2n) is 6.32. The van der Waals surface area contributed by atoms with Gasteiger partial charge in [0.1, 0.15) is 17.1 Å². The molecular weight excluding hydrogens is 374 g/mol. The summed E-state index contributed by atoms with van der Waals surface area (Å²) in [6.07, 6.45) is 3.81. The normalized spacial score (nSPS) is 12.2. The summed E-state index contributed by atoms with van der Waals surface area (Å²) in [4.78, 5) is 4.62. The van der Waals surface area contributed by atoms with E-state index in [1.54, 1.807) is 18.9 Å². The number of aromatic nitrogens is 5. The third-order valence-corrected chi connectivity index (χ3v) is 5.42. The van der Waals surface area contributed by atoms with Crippen LogP contribution in [-0.2, 0) is 12.8 Å². The minimum atomic E-state index is -0.226. The first-order valence-electron chi connectivity index (χ1n) is 8.89. The molecule has 0 N–H and O–H groups in total. The fourth-order valence-corrected chi connectivity index (χ4v) is 3.71. The van der Waals surface area contributed by atoms with Gasteiger partial charge < -0.3 is 18.4 Å². The Morgan fingerprint density at radius 1 is 1.07 bits per heavy atom. The van der Waals surface area contributed by atoms with E-state index < -0.39 is 0 Å². The molecular formula is C20H21N5O2S. The van der Waals surface area contributed by atoms with Crippen LogP contribution in [0.3, 0.4) is 0 Å². The lowest BCUT2D eigenvalue weighted by atomic mass is 10.3. The Labute approximate surface area is 167 Å². The monoisotopic (exact) mass is 395 g/mol. The van der Waals surface area contributed by atoms with Gasteiger partial charge >= 0.3 is 0 Å². The van der Waals surface area contributed by atoms with Crippen LogP contribution in [-0.4, -0.2) is 31.3 Å². The molecule has 0 aliphatic rings.